The Kier molecular flexibility index (Phi) is 4.44. The molecule has 1 aromatic heterocycles. The summed E-state index contributed by atoms with van der Waals surface area (Å²) in [5, 5.41) is 0. The van der Waals surface area contributed by atoms with E-state index >= 15 is 0 Å². The first-order valence-electron chi connectivity index (χ1n) is 5.49. The summed E-state index contributed by atoms with van der Waals surface area (Å²) in [7, 11) is 0. The molecule has 0 aliphatic carbocycles. The number of thioether (sulfide) groups is 1. The summed E-state index contributed by atoms with van der Waals surface area (Å²) < 4.78 is 5.56. The molecule has 16 heavy (non-hydrogen) atoms. The summed E-state index contributed by atoms with van der Waals surface area (Å²) in [6.45, 7) is 0.927. The van der Waals surface area contributed by atoms with Gasteiger partial charge in [-0.1, -0.05) is 0 Å². The van der Waals surface area contributed by atoms with Crippen LogP contribution in [0.25, 0.3) is 0 Å². The topological polar surface area (TPSA) is 60.2 Å². The van der Waals surface area contributed by atoms with Crippen LogP contribution in [0, 0.1) is 0 Å². The minimum atomic E-state index is 0.445. The number of nitrogens with zero attached hydrogens (tertiary/aromatic N) is 1. The third-order valence-electron chi connectivity index (χ3n) is 2.56. The number of ether oxygens (including phenoxy) is 1. The first-order chi connectivity index (χ1) is 7.88. The lowest BCUT2D eigenvalue weighted by molar-refractivity contribution is 0.129. The average Bonchev–Trinajstić information content (AvgIpc) is 2.82. The molecule has 1 saturated heterocycles. The van der Waals surface area contributed by atoms with Crippen LogP contribution >= 0.6 is 11.8 Å². The summed E-state index contributed by atoms with van der Waals surface area (Å²) in [6.07, 6.45) is 4.62. The van der Waals surface area contributed by atoms with Gasteiger partial charge in [0, 0.05) is 24.3 Å². The van der Waals surface area contributed by atoms with Crippen LogP contribution in [0.4, 0.5) is 5.69 Å². The molecule has 1 aliphatic rings. The molecule has 0 saturated carbocycles. The first kappa shape index (κ1) is 11.7. The van der Waals surface area contributed by atoms with Crippen LogP contribution in [0.15, 0.2) is 18.3 Å². The van der Waals surface area contributed by atoms with E-state index in [1.807, 2.05) is 23.9 Å². The van der Waals surface area contributed by atoms with E-state index in [0.717, 1.165) is 29.5 Å². The highest BCUT2D eigenvalue weighted by atomic mass is 32.2. The molecule has 2 heterocycles. The molecule has 0 aromatic carbocycles. The Bertz CT molecular complexity index is 329. The number of rotatable bonds is 5. The van der Waals surface area contributed by atoms with Crippen molar-refractivity contribution in [1.29, 1.82) is 0 Å². The van der Waals surface area contributed by atoms with Crippen LogP contribution in [0.5, 0.6) is 0 Å². The quantitative estimate of drug-likeness (QED) is 0.606. The molecule has 1 aromatic rings. The number of hydrazine groups is 1. The Balaban J connectivity index is 1.75. The zero-order chi connectivity index (χ0) is 11.2. The number of nitrogens with one attached hydrogen (secondary N) is 1. The smallest absolute Gasteiger partial charge is 0.0666 e. The predicted molar refractivity (Wildman–Crippen MR) is 67.2 cm³/mol. The summed E-state index contributed by atoms with van der Waals surface area (Å²) in [6, 6.07) is 3.83. The number of pyridine rings is 1. The zero-order valence-electron chi connectivity index (χ0n) is 9.19. The molecule has 3 N–H and O–H groups in total. The monoisotopic (exact) mass is 239 g/mol. The van der Waals surface area contributed by atoms with Gasteiger partial charge in [0.2, 0.25) is 0 Å². The fraction of sp³-hybridized carbons (Fsp3) is 0.545. The third kappa shape index (κ3) is 3.37. The Morgan fingerprint density at radius 3 is 3.31 bits per heavy atom. The van der Waals surface area contributed by atoms with E-state index in [9.17, 15) is 0 Å². The molecule has 0 radical (unpaired) electrons. The van der Waals surface area contributed by atoms with Crippen LogP contribution in [-0.2, 0) is 10.5 Å². The molecule has 5 heteroatoms. The number of anilines is 1. The summed E-state index contributed by atoms with van der Waals surface area (Å²) in [5.74, 6) is 7.31. The van der Waals surface area contributed by atoms with Gasteiger partial charge in [0.25, 0.3) is 0 Å². The maximum absolute atomic E-state index is 5.56. The highest BCUT2D eigenvalue weighted by Crippen LogP contribution is 2.20. The first-order valence-corrected chi connectivity index (χ1v) is 6.65. The van der Waals surface area contributed by atoms with Crippen LogP contribution < -0.4 is 11.3 Å². The van der Waals surface area contributed by atoms with Gasteiger partial charge < -0.3 is 10.2 Å². The average molecular weight is 239 g/mol. The van der Waals surface area contributed by atoms with E-state index in [0.29, 0.717) is 6.10 Å². The van der Waals surface area contributed by atoms with E-state index < -0.39 is 0 Å². The molecular weight excluding hydrogens is 222 g/mol. The van der Waals surface area contributed by atoms with Gasteiger partial charge in [-0.15, -0.1) is 0 Å². The number of nitrogen functional groups attached to an aromatic ring is 1. The van der Waals surface area contributed by atoms with Gasteiger partial charge in [-0.3, -0.25) is 10.8 Å². The molecule has 0 bridgehead atoms. The molecule has 0 amide bonds. The van der Waals surface area contributed by atoms with Crippen molar-refractivity contribution in [2.45, 2.75) is 24.7 Å². The Morgan fingerprint density at radius 1 is 1.62 bits per heavy atom. The van der Waals surface area contributed by atoms with Crippen molar-refractivity contribution >= 4 is 17.4 Å². The lowest BCUT2D eigenvalue weighted by Gasteiger charge is -2.08. The lowest BCUT2D eigenvalue weighted by Crippen LogP contribution is -2.09. The van der Waals surface area contributed by atoms with Crippen LogP contribution in [-0.4, -0.2) is 23.4 Å². The fourth-order valence-corrected chi connectivity index (χ4v) is 2.73. The fourth-order valence-electron chi connectivity index (χ4n) is 1.72. The van der Waals surface area contributed by atoms with Crippen molar-refractivity contribution in [1.82, 2.24) is 4.98 Å². The summed E-state index contributed by atoms with van der Waals surface area (Å²) >= 11 is 1.87. The normalized spacial score (nSPS) is 19.9. The molecule has 1 atom stereocenters. The zero-order valence-corrected chi connectivity index (χ0v) is 10.0. The van der Waals surface area contributed by atoms with Crippen molar-refractivity contribution in [3.05, 3.63) is 24.0 Å². The summed E-state index contributed by atoms with van der Waals surface area (Å²) in [5.41, 5.74) is 4.58. The Labute approximate surface area is 99.9 Å². The molecule has 1 aliphatic heterocycles. The van der Waals surface area contributed by atoms with E-state index in [-0.39, 0.29) is 0 Å². The van der Waals surface area contributed by atoms with Gasteiger partial charge in [0.05, 0.1) is 17.5 Å². The van der Waals surface area contributed by atoms with Gasteiger partial charge in [0.1, 0.15) is 0 Å². The van der Waals surface area contributed by atoms with Crippen molar-refractivity contribution in [3.63, 3.8) is 0 Å². The molecule has 2 rings (SSSR count). The maximum atomic E-state index is 5.56. The van der Waals surface area contributed by atoms with Crippen molar-refractivity contribution in [2.75, 3.05) is 17.8 Å². The van der Waals surface area contributed by atoms with Crippen LogP contribution in [0.2, 0.25) is 0 Å². The second-order valence-electron chi connectivity index (χ2n) is 3.83. The highest BCUT2D eigenvalue weighted by molar-refractivity contribution is 7.98. The highest BCUT2D eigenvalue weighted by Gasteiger charge is 2.14. The van der Waals surface area contributed by atoms with E-state index in [4.69, 9.17) is 10.6 Å². The number of hydrogen-bond donors (Lipinski definition) is 2. The summed E-state index contributed by atoms with van der Waals surface area (Å²) in [4.78, 5) is 4.29. The van der Waals surface area contributed by atoms with E-state index in [1.54, 1.807) is 6.20 Å². The third-order valence-corrected chi connectivity index (χ3v) is 3.67. The number of hydrogen-bond acceptors (Lipinski definition) is 5. The molecule has 88 valence electrons. The Hall–Kier alpha value is -0.780. The SMILES string of the molecule is NNc1ccnc(CSCC2CCCO2)c1. The number of nitrogens with two attached hydrogens (primary N) is 1. The molecule has 1 fully saturated rings. The van der Waals surface area contributed by atoms with Gasteiger partial charge in [-0.25, -0.2) is 0 Å². The molecule has 1 unspecified atom stereocenters. The van der Waals surface area contributed by atoms with Crippen LogP contribution in [0.1, 0.15) is 18.5 Å². The minimum absolute atomic E-state index is 0.445. The second-order valence-corrected chi connectivity index (χ2v) is 4.86. The molecule has 0 spiro atoms. The Morgan fingerprint density at radius 2 is 2.56 bits per heavy atom. The van der Waals surface area contributed by atoms with Gasteiger partial charge in [-0.05, 0) is 25.0 Å². The predicted octanol–water partition coefficient (Wildman–Crippen LogP) is 1.78. The minimum Gasteiger partial charge on any atom is -0.377 e. The van der Waals surface area contributed by atoms with E-state index in [1.165, 1.54) is 12.8 Å². The van der Waals surface area contributed by atoms with Crippen molar-refractivity contribution in [2.24, 2.45) is 5.84 Å². The van der Waals surface area contributed by atoms with Gasteiger partial charge in [0.15, 0.2) is 0 Å². The lowest BCUT2D eigenvalue weighted by atomic mass is 10.3. The van der Waals surface area contributed by atoms with Crippen molar-refractivity contribution in [3.8, 4) is 0 Å². The number of aromatic nitrogens is 1. The largest absolute Gasteiger partial charge is 0.377 e. The standard InChI is InChI=1S/C11H17N3OS/c12-14-9-3-4-13-10(6-9)7-16-8-11-2-1-5-15-11/h3-4,6,11H,1-2,5,7-8,12H2,(H,13,14). The van der Waals surface area contributed by atoms with E-state index in [2.05, 4.69) is 10.4 Å². The van der Waals surface area contributed by atoms with Crippen molar-refractivity contribution < 1.29 is 4.74 Å². The van der Waals surface area contributed by atoms with Gasteiger partial charge in [-0.2, -0.15) is 11.8 Å². The molecule has 4 nitrogen and oxygen atoms in total. The maximum Gasteiger partial charge on any atom is 0.0666 e. The van der Waals surface area contributed by atoms with Crippen LogP contribution in [0.3, 0.4) is 0 Å². The second kappa shape index (κ2) is 6.08. The van der Waals surface area contributed by atoms with Gasteiger partial charge >= 0.3 is 0 Å². The molecular formula is C11H17N3OS.